The molecule has 5 nitrogen and oxygen atoms in total. The van der Waals surface area contributed by atoms with Crippen molar-refractivity contribution in [2.24, 2.45) is 0 Å². The maximum atomic E-state index is 11.6. The van der Waals surface area contributed by atoms with Crippen LogP contribution in [-0.4, -0.2) is 51.1 Å². The fourth-order valence-electron chi connectivity index (χ4n) is 1.93. The number of hydrogen-bond donors (Lipinski definition) is 1. The molecule has 0 aromatic carbocycles. The van der Waals surface area contributed by atoms with Crippen LogP contribution < -0.4 is 5.32 Å². The molecular formula is C12H23NO4. The van der Waals surface area contributed by atoms with Gasteiger partial charge in [0, 0.05) is 19.8 Å². The molecule has 1 amide bonds. The monoisotopic (exact) mass is 245 g/mol. The largest absolute Gasteiger partial charge is 0.382 e. The number of amides is 1. The van der Waals surface area contributed by atoms with Gasteiger partial charge in [-0.3, -0.25) is 4.79 Å². The molecule has 1 rings (SSSR count). The highest BCUT2D eigenvalue weighted by atomic mass is 16.5. The summed E-state index contributed by atoms with van der Waals surface area (Å²) in [6, 6.07) is 0.192. The van der Waals surface area contributed by atoms with E-state index in [2.05, 4.69) is 5.32 Å². The Morgan fingerprint density at radius 3 is 2.88 bits per heavy atom. The zero-order chi connectivity index (χ0) is 12.7. The second-order valence-electron chi connectivity index (χ2n) is 4.91. The third-order valence-corrected chi connectivity index (χ3v) is 2.73. The van der Waals surface area contributed by atoms with Crippen LogP contribution >= 0.6 is 0 Å². The Bertz CT molecular complexity index is 243. The molecule has 1 unspecified atom stereocenters. The Labute approximate surface area is 103 Å². The van der Waals surface area contributed by atoms with E-state index in [1.54, 1.807) is 7.11 Å². The van der Waals surface area contributed by atoms with Gasteiger partial charge >= 0.3 is 0 Å². The lowest BCUT2D eigenvalue weighted by Crippen LogP contribution is -2.46. The lowest BCUT2D eigenvalue weighted by atomic mass is 9.94. The Kier molecular flexibility index (Phi) is 5.88. The minimum atomic E-state index is -0.146. The van der Waals surface area contributed by atoms with E-state index in [1.165, 1.54) is 0 Å². The number of nitrogens with one attached hydrogen (secondary N) is 1. The average Bonchev–Trinajstić information content (AvgIpc) is 2.23. The normalized spacial score (nSPS) is 23.4. The molecule has 0 saturated carbocycles. The fourth-order valence-corrected chi connectivity index (χ4v) is 1.93. The zero-order valence-electron chi connectivity index (χ0n) is 11.0. The number of hydrogen-bond acceptors (Lipinski definition) is 4. The van der Waals surface area contributed by atoms with E-state index in [0.29, 0.717) is 19.8 Å². The highest BCUT2D eigenvalue weighted by Crippen LogP contribution is 2.23. The van der Waals surface area contributed by atoms with Gasteiger partial charge in [0.2, 0.25) is 5.91 Å². The second kappa shape index (κ2) is 6.93. The minimum absolute atomic E-state index is 0.0659. The topological polar surface area (TPSA) is 56.8 Å². The van der Waals surface area contributed by atoms with E-state index in [-0.39, 0.29) is 24.2 Å². The average molecular weight is 245 g/mol. The first-order valence-electron chi connectivity index (χ1n) is 6.03. The van der Waals surface area contributed by atoms with Crippen molar-refractivity contribution in [3.05, 3.63) is 0 Å². The molecular weight excluding hydrogens is 222 g/mol. The third kappa shape index (κ3) is 6.00. The van der Waals surface area contributed by atoms with Crippen molar-refractivity contribution in [1.82, 2.24) is 5.32 Å². The van der Waals surface area contributed by atoms with Crippen LogP contribution in [0.2, 0.25) is 0 Å². The van der Waals surface area contributed by atoms with Crippen molar-refractivity contribution in [2.75, 3.05) is 33.5 Å². The summed E-state index contributed by atoms with van der Waals surface area (Å²) in [4.78, 5) is 11.6. The molecule has 0 bridgehead atoms. The van der Waals surface area contributed by atoms with Gasteiger partial charge in [-0.2, -0.15) is 0 Å². The third-order valence-electron chi connectivity index (χ3n) is 2.73. The molecule has 0 aromatic heterocycles. The van der Waals surface area contributed by atoms with Crippen LogP contribution in [0.5, 0.6) is 0 Å². The van der Waals surface area contributed by atoms with Crippen molar-refractivity contribution in [3.63, 3.8) is 0 Å². The van der Waals surface area contributed by atoms with Gasteiger partial charge in [-0.15, -0.1) is 0 Å². The molecule has 0 aliphatic carbocycles. The first kappa shape index (κ1) is 14.4. The maximum Gasteiger partial charge on any atom is 0.246 e. The SMILES string of the molecule is COCCOCC(=O)NC1CCOC(C)(C)C1. The van der Waals surface area contributed by atoms with E-state index in [1.807, 2.05) is 13.8 Å². The number of methoxy groups -OCH3 is 1. The van der Waals surface area contributed by atoms with Gasteiger partial charge in [0.15, 0.2) is 0 Å². The fraction of sp³-hybridized carbons (Fsp3) is 0.917. The molecule has 1 fully saturated rings. The Morgan fingerprint density at radius 2 is 2.24 bits per heavy atom. The number of carbonyl (C=O) groups excluding carboxylic acids is 1. The summed E-state index contributed by atoms with van der Waals surface area (Å²) in [5.74, 6) is -0.0659. The number of ether oxygens (including phenoxy) is 3. The molecule has 17 heavy (non-hydrogen) atoms. The van der Waals surface area contributed by atoms with Gasteiger partial charge in [0.05, 0.1) is 18.8 Å². The molecule has 1 N–H and O–H groups in total. The Morgan fingerprint density at radius 1 is 1.47 bits per heavy atom. The van der Waals surface area contributed by atoms with Crippen LogP contribution in [0.1, 0.15) is 26.7 Å². The second-order valence-corrected chi connectivity index (χ2v) is 4.91. The molecule has 5 heteroatoms. The predicted molar refractivity (Wildman–Crippen MR) is 63.9 cm³/mol. The summed E-state index contributed by atoms with van der Waals surface area (Å²) in [5, 5.41) is 2.97. The quantitative estimate of drug-likeness (QED) is 0.701. The molecule has 1 atom stereocenters. The van der Waals surface area contributed by atoms with E-state index >= 15 is 0 Å². The van der Waals surface area contributed by atoms with Crippen LogP contribution in [0.4, 0.5) is 0 Å². The van der Waals surface area contributed by atoms with Gasteiger partial charge in [-0.05, 0) is 26.7 Å². The van der Waals surface area contributed by atoms with Crippen LogP contribution in [-0.2, 0) is 19.0 Å². The minimum Gasteiger partial charge on any atom is -0.382 e. The van der Waals surface area contributed by atoms with Crippen molar-refractivity contribution in [2.45, 2.75) is 38.3 Å². The predicted octanol–water partition coefficient (Wildman–Crippen LogP) is 0.723. The Balaban J connectivity index is 2.17. The van der Waals surface area contributed by atoms with E-state index in [4.69, 9.17) is 14.2 Å². The summed E-state index contributed by atoms with van der Waals surface area (Å²) in [6.07, 6.45) is 1.71. The van der Waals surface area contributed by atoms with Gasteiger partial charge < -0.3 is 19.5 Å². The van der Waals surface area contributed by atoms with Gasteiger partial charge in [0.1, 0.15) is 6.61 Å². The molecule has 100 valence electrons. The first-order valence-corrected chi connectivity index (χ1v) is 6.03. The number of rotatable bonds is 6. The zero-order valence-corrected chi connectivity index (χ0v) is 11.0. The Hall–Kier alpha value is -0.650. The van der Waals surface area contributed by atoms with Gasteiger partial charge in [-0.25, -0.2) is 0 Å². The standard InChI is InChI=1S/C12H23NO4/c1-12(2)8-10(4-5-17-12)13-11(14)9-16-7-6-15-3/h10H,4-9H2,1-3H3,(H,13,14). The summed E-state index contributed by atoms with van der Waals surface area (Å²) >= 11 is 0. The van der Waals surface area contributed by atoms with Crippen LogP contribution in [0.25, 0.3) is 0 Å². The molecule has 0 aromatic rings. The van der Waals surface area contributed by atoms with Crippen molar-refractivity contribution < 1.29 is 19.0 Å². The van der Waals surface area contributed by atoms with Crippen LogP contribution in [0.15, 0.2) is 0 Å². The van der Waals surface area contributed by atoms with E-state index in [0.717, 1.165) is 12.8 Å². The summed E-state index contributed by atoms with van der Waals surface area (Å²) < 4.78 is 15.6. The van der Waals surface area contributed by atoms with Crippen molar-refractivity contribution in [3.8, 4) is 0 Å². The van der Waals surface area contributed by atoms with Crippen molar-refractivity contribution >= 4 is 5.91 Å². The maximum absolute atomic E-state index is 11.6. The summed E-state index contributed by atoms with van der Waals surface area (Å²) in [6.45, 7) is 5.84. The van der Waals surface area contributed by atoms with Crippen LogP contribution in [0, 0.1) is 0 Å². The summed E-state index contributed by atoms with van der Waals surface area (Å²) in [7, 11) is 1.60. The van der Waals surface area contributed by atoms with Crippen LogP contribution in [0.3, 0.4) is 0 Å². The van der Waals surface area contributed by atoms with Crippen molar-refractivity contribution in [1.29, 1.82) is 0 Å². The summed E-state index contributed by atoms with van der Waals surface area (Å²) in [5.41, 5.74) is -0.146. The van der Waals surface area contributed by atoms with Gasteiger partial charge in [-0.1, -0.05) is 0 Å². The smallest absolute Gasteiger partial charge is 0.246 e. The molecule has 0 spiro atoms. The molecule has 1 saturated heterocycles. The molecule has 1 aliphatic heterocycles. The molecule has 0 radical (unpaired) electrons. The highest BCUT2D eigenvalue weighted by molar-refractivity contribution is 5.77. The van der Waals surface area contributed by atoms with Gasteiger partial charge in [0.25, 0.3) is 0 Å². The molecule has 1 aliphatic rings. The molecule has 1 heterocycles. The number of carbonyl (C=O) groups is 1. The van der Waals surface area contributed by atoms with E-state index in [9.17, 15) is 4.79 Å². The lowest BCUT2D eigenvalue weighted by Gasteiger charge is -2.35. The lowest BCUT2D eigenvalue weighted by molar-refractivity contribution is -0.129. The highest BCUT2D eigenvalue weighted by Gasteiger charge is 2.29. The first-order chi connectivity index (χ1) is 8.03. The van der Waals surface area contributed by atoms with E-state index < -0.39 is 0 Å².